The second-order valence-corrected chi connectivity index (χ2v) is 15.5. The van der Waals surface area contributed by atoms with Crippen molar-refractivity contribution < 1.29 is 13.6 Å². The summed E-state index contributed by atoms with van der Waals surface area (Å²) >= 11 is 0. The molecule has 0 aromatic heterocycles. The zero-order valence-corrected chi connectivity index (χ0v) is 15.6. The summed E-state index contributed by atoms with van der Waals surface area (Å²) in [4.78, 5) is 0. The van der Waals surface area contributed by atoms with E-state index in [9.17, 15) is 0 Å². The average molecular weight is 311 g/mol. The van der Waals surface area contributed by atoms with Gasteiger partial charge in [0.2, 0.25) is 16.6 Å². The lowest BCUT2D eigenvalue weighted by atomic mass is 10.2. The second kappa shape index (κ2) is 6.50. The Kier molecular flexibility index (Phi) is 5.47. The lowest BCUT2D eigenvalue weighted by molar-refractivity contribution is 0.152. The van der Waals surface area contributed by atoms with E-state index in [2.05, 4.69) is 39.3 Å². The molecule has 0 saturated carbocycles. The van der Waals surface area contributed by atoms with Crippen LogP contribution in [-0.2, 0) is 9.16 Å². The number of hydrogen-bond donors (Lipinski definition) is 0. The van der Waals surface area contributed by atoms with Crippen molar-refractivity contribution in [2.45, 2.75) is 39.3 Å². The molecule has 0 bridgehead atoms. The SMILES string of the molecule is CO/C(=C\c1ccc(O[Si](C)(C)C)cc1)O[Si](C)(C)C. The summed E-state index contributed by atoms with van der Waals surface area (Å²) in [5.41, 5.74) is 1.04. The Morgan fingerprint density at radius 2 is 1.45 bits per heavy atom. The first-order chi connectivity index (χ1) is 9.09. The zero-order valence-electron chi connectivity index (χ0n) is 13.6. The predicted molar refractivity (Wildman–Crippen MR) is 89.8 cm³/mol. The summed E-state index contributed by atoms with van der Waals surface area (Å²) in [5, 5.41) is 0. The Hall–Kier alpha value is -1.21. The van der Waals surface area contributed by atoms with Crippen LogP contribution in [0, 0.1) is 0 Å². The highest BCUT2D eigenvalue weighted by Crippen LogP contribution is 2.19. The molecule has 0 atom stereocenters. The molecule has 20 heavy (non-hydrogen) atoms. The monoisotopic (exact) mass is 310 g/mol. The van der Waals surface area contributed by atoms with Crippen molar-refractivity contribution in [3.05, 3.63) is 35.8 Å². The molecule has 0 spiro atoms. The fourth-order valence-electron chi connectivity index (χ4n) is 1.55. The standard InChI is InChI=1S/C15H26O3Si2/c1-16-15(18-20(5,6)7)12-13-8-10-14(11-9-13)17-19(2,3)4/h8-12H,1-7H3/b15-12+. The van der Waals surface area contributed by atoms with E-state index in [4.69, 9.17) is 13.6 Å². The number of benzene rings is 1. The molecule has 0 fully saturated rings. The molecular weight excluding hydrogens is 284 g/mol. The third-order valence-electron chi connectivity index (χ3n) is 2.20. The van der Waals surface area contributed by atoms with Crippen molar-refractivity contribution in [3.8, 4) is 5.75 Å². The van der Waals surface area contributed by atoms with Crippen molar-refractivity contribution in [3.63, 3.8) is 0 Å². The molecule has 5 heteroatoms. The van der Waals surface area contributed by atoms with Crippen LogP contribution in [0.25, 0.3) is 6.08 Å². The van der Waals surface area contributed by atoms with Crippen molar-refractivity contribution >= 4 is 22.7 Å². The van der Waals surface area contributed by atoms with Gasteiger partial charge in [0.05, 0.1) is 7.11 Å². The van der Waals surface area contributed by atoms with Crippen LogP contribution in [0.5, 0.6) is 5.75 Å². The Bertz CT molecular complexity index is 453. The molecule has 1 aromatic carbocycles. The first kappa shape index (κ1) is 16.8. The highest BCUT2D eigenvalue weighted by Gasteiger charge is 2.18. The molecule has 1 aromatic rings. The van der Waals surface area contributed by atoms with Crippen LogP contribution < -0.4 is 4.43 Å². The van der Waals surface area contributed by atoms with E-state index in [1.165, 1.54) is 0 Å². The van der Waals surface area contributed by atoms with Gasteiger partial charge >= 0.3 is 0 Å². The largest absolute Gasteiger partial charge is 0.544 e. The van der Waals surface area contributed by atoms with Gasteiger partial charge in [-0.2, -0.15) is 0 Å². The fourth-order valence-corrected chi connectivity index (χ4v) is 3.14. The van der Waals surface area contributed by atoms with Crippen LogP contribution in [0.15, 0.2) is 30.2 Å². The molecule has 0 unspecified atom stereocenters. The Morgan fingerprint density at radius 3 is 1.85 bits per heavy atom. The van der Waals surface area contributed by atoms with E-state index in [1.54, 1.807) is 7.11 Å². The summed E-state index contributed by atoms with van der Waals surface area (Å²) in [7, 11) is -1.56. The van der Waals surface area contributed by atoms with Crippen LogP contribution >= 0.6 is 0 Å². The lowest BCUT2D eigenvalue weighted by Crippen LogP contribution is -2.29. The molecular formula is C15H26O3Si2. The smallest absolute Gasteiger partial charge is 0.265 e. The van der Waals surface area contributed by atoms with Crippen LogP contribution in [0.2, 0.25) is 39.3 Å². The molecule has 0 N–H and O–H groups in total. The summed E-state index contributed by atoms with van der Waals surface area (Å²) in [6, 6.07) is 8.02. The summed E-state index contributed by atoms with van der Waals surface area (Å²) in [5.74, 6) is 1.49. The minimum absolute atomic E-state index is 0.572. The quantitative estimate of drug-likeness (QED) is 0.563. The summed E-state index contributed by atoms with van der Waals surface area (Å²) in [6.07, 6.45) is 1.91. The van der Waals surface area contributed by atoms with Crippen molar-refractivity contribution in [1.82, 2.24) is 0 Å². The van der Waals surface area contributed by atoms with Crippen molar-refractivity contribution in [1.29, 1.82) is 0 Å². The van der Waals surface area contributed by atoms with Gasteiger partial charge in [-0.3, -0.25) is 0 Å². The van der Waals surface area contributed by atoms with Gasteiger partial charge in [0.15, 0.2) is 0 Å². The van der Waals surface area contributed by atoms with E-state index in [0.717, 1.165) is 11.3 Å². The minimum Gasteiger partial charge on any atom is -0.544 e. The van der Waals surface area contributed by atoms with Gasteiger partial charge in [-0.15, -0.1) is 0 Å². The second-order valence-electron chi connectivity index (χ2n) is 6.67. The molecule has 0 aliphatic carbocycles. The number of methoxy groups -OCH3 is 1. The van der Waals surface area contributed by atoms with E-state index in [-0.39, 0.29) is 0 Å². The van der Waals surface area contributed by atoms with Crippen LogP contribution in [0.1, 0.15) is 5.56 Å². The van der Waals surface area contributed by atoms with Crippen molar-refractivity contribution in [2.24, 2.45) is 0 Å². The van der Waals surface area contributed by atoms with E-state index in [1.807, 2.05) is 30.3 Å². The van der Waals surface area contributed by atoms with Crippen molar-refractivity contribution in [2.75, 3.05) is 7.11 Å². The van der Waals surface area contributed by atoms with Gasteiger partial charge in [-0.1, -0.05) is 12.1 Å². The van der Waals surface area contributed by atoms with E-state index < -0.39 is 16.6 Å². The Labute approximate surface area is 124 Å². The molecule has 0 saturated heterocycles. The maximum absolute atomic E-state index is 5.93. The molecule has 0 aliphatic rings. The molecule has 0 heterocycles. The zero-order chi connectivity index (χ0) is 15.4. The molecule has 3 nitrogen and oxygen atoms in total. The molecule has 0 amide bonds. The van der Waals surface area contributed by atoms with Gasteiger partial charge in [-0.05, 0) is 57.0 Å². The number of hydrogen-bond acceptors (Lipinski definition) is 3. The highest BCUT2D eigenvalue weighted by molar-refractivity contribution is 6.70. The maximum atomic E-state index is 5.93. The first-order valence-corrected chi connectivity index (χ1v) is 13.6. The third kappa shape index (κ3) is 6.81. The number of ether oxygens (including phenoxy) is 1. The van der Waals surface area contributed by atoms with Crippen LogP contribution in [-0.4, -0.2) is 23.7 Å². The normalized spacial score (nSPS) is 13.1. The first-order valence-electron chi connectivity index (χ1n) is 6.83. The predicted octanol–water partition coefficient (Wildman–Crippen LogP) is 4.70. The average Bonchev–Trinajstić information content (AvgIpc) is 2.27. The van der Waals surface area contributed by atoms with E-state index in [0.29, 0.717) is 5.95 Å². The minimum atomic E-state index is -1.65. The summed E-state index contributed by atoms with van der Waals surface area (Å²) in [6.45, 7) is 12.9. The van der Waals surface area contributed by atoms with Gasteiger partial charge in [0.1, 0.15) is 5.75 Å². The van der Waals surface area contributed by atoms with Gasteiger partial charge in [0, 0.05) is 6.08 Å². The van der Waals surface area contributed by atoms with Gasteiger partial charge < -0.3 is 13.6 Å². The topological polar surface area (TPSA) is 27.7 Å². The molecule has 112 valence electrons. The maximum Gasteiger partial charge on any atom is 0.265 e. The number of rotatable bonds is 6. The molecule has 0 aliphatic heterocycles. The van der Waals surface area contributed by atoms with Crippen LogP contribution in [0.3, 0.4) is 0 Å². The van der Waals surface area contributed by atoms with Gasteiger partial charge in [0.25, 0.3) is 5.95 Å². The van der Waals surface area contributed by atoms with Crippen LogP contribution in [0.4, 0.5) is 0 Å². The fraction of sp³-hybridized carbons (Fsp3) is 0.467. The van der Waals surface area contributed by atoms with Gasteiger partial charge in [-0.25, -0.2) is 0 Å². The molecule has 0 radical (unpaired) electrons. The highest BCUT2D eigenvalue weighted by atomic mass is 28.4. The Morgan fingerprint density at radius 1 is 0.900 bits per heavy atom. The van der Waals surface area contributed by atoms with E-state index >= 15 is 0 Å². The lowest BCUT2D eigenvalue weighted by Gasteiger charge is -2.20. The summed E-state index contributed by atoms with van der Waals surface area (Å²) < 4.78 is 17.1. The third-order valence-corrected chi connectivity index (χ3v) is 3.86. The molecule has 1 rings (SSSR count). The Balaban J connectivity index is 2.82.